The summed E-state index contributed by atoms with van der Waals surface area (Å²) in [4.78, 5) is 0. The van der Waals surface area contributed by atoms with Crippen molar-refractivity contribution in [2.75, 3.05) is 13.2 Å². The summed E-state index contributed by atoms with van der Waals surface area (Å²) in [7, 11) is 0. The van der Waals surface area contributed by atoms with Gasteiger partial charge >= 0.3 is 0 Å². The lowest BCUT2D eigenvalue weighted by Crippen LogP contribution is -2.28. The molecule has 1 aromatic rings. The molecule has 0 amide bonds. The van der Waals surface area contributed by atoms with Crippen LogP contribution in [-0.4, -0.2) is 23.9 Å². The quantitative estimate of drug-likeness (QED) is 0.799. The Labute approximate surface area is 114 Å². The molecular weight excluding hydrogens is 245 g/mol. The highest BCUT2D eigenvalue weighted by molar-refractivity contribution is 5.29. The standard InChI is InChI=1S/C15H24FNO2/c1-11(2)8-17-9-12-5-13(16)7-14(6-12)19-10-15(3,4)18/h5-7,11,17-18H,8-10H2,1-4H3. The fourth-order valence-electron chi connectivity index (χ4n) is 1.57. The monoisotopic (exact) mass is 269 g/mol. The highest BCUT2D eigenvalue weighted by Crippen LogP contribution is 2.18. The van der Waals surface area contributed by atoms with E-state index >= 15 is 0 Å². The van der Waals surface area contributed by atoms with Crippen LogP contribution in [0.3, 0.4) is 0 Å². The summed E-state index contributed by atoms with van der Waals surface area (Å²) >= 11 is 0. The van der Waals surface area contributed by atoms with Crippen LogP contribution in [0.2, 0.25) is 0 Å². The lowest BCUT2D eigenvalue weighted by molar-refractivity contribution is 0.0283. The molecule has 3 nitrogen and oxygen atoms in total. The van der Waals surface area contributed by atoms with Crippen molar-refractivity contribution < 1.29 is 14.2 Å². The maximum Gasteiger partial charge on any atom is 0.127 e. The van der Waals surface area contributed by atoms with E-state index in [0.29, 0.717) is 18.2 Å². The number of aliphatic hydroxyl groups is 1. The zero-order chi connectivity index (χ0) is 14.5. The van der Waals surface area contributed by atoms with Crippen molar-refractivity contribution in [2.24, 2.45) is 5.92 Å². The molecule has 4 heteroatoms. The van der Waals surface area contributed by atoms with E-state index in [1.807, 2.05) is 0 Å². The average molecular weight is 269 g/mol. The molecule has 0 atom stereocenters. The van der Waals surface area contributed by atoms with Crippen molar-refractivity contribution in [2.45, 2.75) is 39.8 Å². The van der Waals surface area contributed by atoms with Crippen LogP contribution < -0.4 is 10.1 Å². The summed E-state index contributed by atoms with van der Waals surface area (Å²) in [6, 6.07) is 4.62. The van der Waals surface area contributed by atoms with Crippen molar-refractivity contribution in [1.29, 1.82) is 0 Å². The number of hydrogen-bond acceptors (Lipinski definition) is 3. The summed E-state index contributed by atoms with van der Waals surface area (Å²) in [6.45, 7) is 9.17. The Morgan fingerprint density at radius 3 is 2.58 bits per heavy atom. The van der Waals surface area contributed by atoms with Crippen LogP contribution in [0.25, 0.3) is 0 Å². The van der Waals surface area contributed by atoms with Crippen molar-refractivity contribution in [1.82, 2.24) is 5.32 Å². The van der Waals surface area contributed by atoms with Crippen LogP contribution >= 0.6 is 0 Å². The second kappa shape index (κ2) is 6.87. The van der Waals surface area contributed by atoms with E-state index in [-0.39, 0.29) is 12.4 Å². The zero-order valence-corrected chi connectivity index (χ0v) is 12.2. The average Bonchev–Trinajstić information content (AvgIpc) is 2.24. The molecule has 0 bridgehead atoms. The maximum atomic E-state index is 13.5. The summed E-state index contributed by atoms with van der Waals surface area (Å²) in [5.74, 6) is 0.678. The lowest BCUT2D eigenvalue weighted by atomic mass is 10.1. The molecule has 2 N–H and O–H groups in total. The molecule has 0 saturated heterocycles. The molecule has 0 radical (unpaired) electrons. The second-order valence-electron chi connectivity index (χ2n) is 5.92. The van der Waals surface area contributed by atoms with Crippen LogP contribution in [0.15, 0.2) is 18.2 Å². The van der Waals surface area contributed by atoms with Gasteiger partial charge in [-0.3, -0.25) is 0 Å². The van der Waals surface area contributed by atoms with Crippen molar-refractivity contribution >= 4 is 0 Å². The van der Waals surface area contributed by atoms with Crippen molar-refractivity contribution in [3.8, 4) is 5.75 Å². The number of benzene rings is 1. The Morgan fingerprint density at radius 1 is 1.32 bits per heavy atom. The van der Waals surface area contributed by atoms with Gasteiger partial charge in [0.2, 0.25) is 0 Å². The van der Waals surface area contributed by atoms with Crippen LogP contribution in [0.5, 0.6) is 5.75 Å². The van der Waals surface area contributed by atoms with Crippen LogP contribution in [0, 0.1) is 11.7 Å². The second-order valence-corrected chi connectivity index (χ2v) is 5.92. The first-order chi connectivity index (χ1) is 8.76. The Balaban J connectivity index is 2.61. The lowest BCUT2D eigenvalue weighted by Gasteiger charge is -2.18. The Hall–Kier alpha value is -1.13. The first-order valence-corrected chi connectivity index (χ1v) is 6.61. The normalized spacial score (nSPS) is 11.9. The summed E-state index contributed by atoms with van der Waals surface area (Å²) in [6.07, 6.45) is 0. The number of hydrogen-bond donors (Lipinski definition) is 2. The molecule has 1 aromatic carbocycles. The molecule has 0 aliphatic rings. The van der Waals surface area contributed by atoms with E-state index < -0.39 is 5.60 Å². The predicted octanol–water partition coefficient (Wildman–Crippen LogP) is 2.72. The zero-order valence-electron chi connectivity index (χ0n) is 12.2. The summed E-state index contributed by atoms with van der Waals surface area (Å²) in [5.41, 5.74) is -0.0889. The van der Waals surface area contributed by atoms with Gasteiger partial charge in [-0.2, -0.15) is 0 Å². The highest BCUT2D eigenvalue weighted by atomic mass is 19.1. The molecule has 0 heterocycles. The van der Waals surface area contributed by atoms with Gasteiger partial charge < -0.3 is 15.2 Å². The van der Waals surface area contributed by atoms with Gasteiger partial charge in [-0.15, -0.1) is 0 Å². The van der Waals surface area contributed by atoms with Crippen LogP contribution in [0.1, 0.15) is 33.3 Å². The molecule has 1 rings (SSSR count). The molecule has 108 valence electrons. The van der Waals surface area contributed by atoms with E-state index in [9.17, 15) is 9.50 Å². The van der Waals surface area contributed by atoms with Gasteiger partial charge in [-0.05, 0) is 44.0 Å². The van der Waals surface area contributed by atoms with Crippen LogP contribution in [-0.2, 0) is 6.54 Å². The Morgan fingerprint density at radius 2 is 2.00 bits per heavy atom. The number of nitrogens with one attached hydrogen (secondary N) is 1. The Bertz CT molecular complexity index is 400. The van der Waals surface area contributed by atoms with Gasteiger partial charge in [-0.25, -0.2) is 4.39 Å². The van der Waals surface area contributed by atoms with E-state index in [1.165, 1.54) is 12.1 Å². The van der Waals surface area contributed by atoms with Gasteiger partial charge in [0.1, 0.15) is 18.2 Å². The largest absolute Gasteiger partial charge is 0.491 e. The van der Waals surface area contributed by atoms with Gasteiger partial charge in [0.05, 0.1) is 5.60 Å². The first-order valence-electron chi connectivity index (χ1n) is 6.61. The fraction of sp³-hybridized carbons (Fsp3) is 0.600. The van der Waals surface area contributed by atoms with Gasteiger partial charge in [-0.1, -0.05) is 13.8 Å². The number of halogens is 1. The SMILES string of the molecule is CC(C)CNCc1cc(F)cc(OCC(C)(C)O)c1. The fourth-order valence-corrected chi connectivity index (χ4v) is 1.57. The van der Waals surface area contributed by atoms with E-state index in [2.05, 4.69) is 19.2 Å². The van der Waals surface area contributed by atoms with Gasteiger partial charge in [0.15, 0.2) is 0 Å². The maximum absolute atomic E-state index is 13.5. The van der Waals surface area contributed by atoms with Gasteiger partial charge in [0.25, 0.3) is 0 Å². The minimum absolute atomic E-state index is 0.134. The molecule has 0 aliphatic carbocycles. The summed E-state index contributed by atoms with van der Waals surface area (Å²) in [5, 5.41) is 12.8. The first kappa shape index (κ1) is 15.9. The molecule has 0 fully saturated rings. The van der Waals surface area contributed by atoms with Gasteiger partial charge in [0, 0.05) is 12.6 Å². The topological polar surface area (TPSA) is 41.5 Å². The Kier molecular flexibility index (Phi) is 5.76. The van der Waals surface area contributed by atoms with Crippen LogP contribution in [0.4, 0.5) is 4.39 Å². The molecule has 0 spiro atoms. The third-order valence-electron chi connectivity index (χ3n) is 2.40. The molecule has 0 saturated carbocycles. The molecule has 0 aromatic heterocycles. The molecule has 0 aliphatic heterocycles. The van der Waals surface area contributed by atoms with E-state index in [4.69, 9.17) is 4.74 Å². The number of ether oxygens (including phenoxy) is 1. The minimum atomic E-state index is -0.928. The van der Waals surface area contributed by atoms with Crippen molar-refractivity contribution in [3.63, 3.8) is 0 Å². The van der Waals surface area contributed by atoms with Crippen molar-refractivity contribution in [3.05, 3.63) is 29.6 Å². The third kappa shape index (κ3) is 7.13. The summed E-state index contributed by atoms with van der Waals surface area (Å²) < 4.78 is 18.9. The predicted molar refractivity (Wildman–Crippen MR) is 74.7 cm³/mol. The van der Waals surface area contributed by atoms with E-state index in [1.54, 1.807) is 19.9 Å². The number of rotatable bonds is 7. The molecule has 19 heavy (non-hydrogen) atoms. The third-order valence-corrected chi connectivity index (χ3v) is 2.40. The smallest absolute Gasteiger partial charge is 0.127 e. The molecular formula is C15H24FNO2. The highest BCUT2D eigenvalue weighted by Gasteiger charge is 2.13. The molecule has 0 unspecified atom stereocenters. The van der Waals surface area contributed by atoms with E-state index in [0.717, 1.165) is 12.1 Å². The minimum Gasteiger partial charge on any atom is -0.491 e.